The Bertz CT molecular complexity index is 506. The molecule has 1 aromatic carbocycles. The van der Waals surface area contributed by atoms with E-state index in [4.69, 9.17) is 9.47 Å². The average molecular weight is 264 g/mol. The maximum absolute atomic E-state index is 11.6. The molecule has 0 aliphatic carbocycles. The van der Waals surface area contributed by atoms with Crippen molar-refractivity contribution in [2.24, 2.45) is 5.10 Å². The second-order valence-corrected chi connectivity index (χ2v) is 5.35. The molecule has 0 saturated heterocycles. The standard InChI is InChI=1S/C13H17N3O3/c1-16(2,3)8-13(17)15-14-7-10-4-5-11-12(6-10)19-9-18-11/h4-7H,8-9H2,1-3H3/p+1/b14-7-. The molecule has 0 bridgehead atoms. The first-order valence-corrected chi connectivity index (χ1v) is 5.96. The zero-order valence-electron chi connectivity index (χ0n) is 11.3. The Hall–Kier alpha value is -2.08. The first-order valence-electron chi connectivity index (χ1n) is 5.96. The lowest BCUT2D eigenvalue weighted by molar-refractivity contribution is -0.862. The van der Waals surface area contributed by atoms with E-state index in [9.17, 15) is 4.79 Å². The number of nitrogens with zero attached hydrogens (tertiary/aromatic N) is 2. The number of amides is 1. The molecule has 1 aliphatic heterocycles. The Labute approximate surface area is 112 Å². The van der Waals surface area contributed by atoms with E-state index in [-0.39, 0.29) is 12.7 Å². The molecule has 1 aliphatic rings. The summed E-state index contributed by atoms with van der Waals surface area (Å²) in [6.45, 7) is 0.620. The van der Waals surface area contributed by atoms with Gasteiger partial charge in [0.15, 0.2) is 18.0 Å². The van der Waals surface area contributed by atoms with Crippen LogP contribution in [0.15, 0.2) is 23.3 Å². The van der Waals surface area contributed by atoms with Gasteiger partial charge in [0.1, 0.15) is 0 Å². The SMILES string of the molecule is C[N+](C)(C)CC(=O)N/N=C\c1ccc2c(c1)OCO2. The number of likely N-dealkylation sites (N-methyl/N-ethyl adjacent to an activating group) is 1. The Morgan fingerprint density at radius 2 is 2.11 bits per heavy atom. The molecule has 1 heterocycles. The van der Waals surface area contributed by atoms with Crippen LogP contribution in [0.25, 0.3) is 0 Å². The number of quaternary nitrogens is 1. The van der Waals surface area contributed by atoms with Gasteiger partial charge in [0.2, 0.25) is 6.79 Å². The van der Waals surface area contributed by atoms with Gasteiger partial charge in [-0.05, 0) is 23.8 Å². The van der Waals surface area contributed by atoms with Gasteiger partial charge >= 0.3 is 0 Å². The third kappa shape index (κ3) is 3.96. The normalized spacial score (nSPS) is 13.8. The summed E-state index contributed by atoms with van der Waals surface area (Å²) in [5.41, 5.74) is 3.34. The van der Waals surface area contributed by atoms with Gasteiger partial charge < -0.3 is 14.0 Å². The van der Waals surface area contributed by atoms with Gasteiger partial charge in [0, 0.05) is 0 Å². The predicted octanol–water partition coefficient (Wildman–Crippen LogP) is 0.572. The highest BCUT2D eigenvalue weighted by Crippen LogP contribution is 2.31. The van der Waals surface area contributed by atoms with E-state index in [2.05, 4.69) is 10.5 Å². The third-order valence-corrected chi connectivity index (χ3v) is 2.42. The number of nitrogens with one attached hydrogen (secondary N) is 1. The molecule has 1 amide bonds. The van der Waals surface area contributed by atoms with Crippen LogP contribution in [-0.2, 0) is 4.79 Å². The fourth-order valence-corrected chi connectivity index (χ4v) is 1.64. The van der Waals surface area contributed by atoms with Gasteiger partial charge in [-0.3, -0.25) is 4.79 Å². The Morgan fingerprint density at radius 3 is 2.84 bits per heavy atom. The largest absolute Gasteiger partial charge is 0.454 e. The summed E-state index contributed by atoms with van der Waals surface area (Å²) < 4.78 is 11.0. The van der Waals surface area contributed by atoms with Crippen LogP contribution in [0.2, 0.25) is 0 Å². The fourth-order valence-electron chi connectivity index (χ4n) is 1.64. The van der Waals surface area contributed by atoms with E-state index in [1.807, 2.05) is 39.3 Å². The molecule has 0 radical (unpaired) electrons. The highest BCUT2D eigenvalue weighted by molar-refractivity contribution is 5.83. The number of carbonyl (C=O) groups is 1. The molecular formula is C13H18N3O3+. The lowest BCUT2D eigenvalue weighted by Gasteiger charge is -2.21. The van der Waals surface area contributed by atoms with Gasteiger partial charge in [-0.25, -0.2) is 5.43 Å². The molecule has 2 rings (SSSR count). The van der Waals surface area contributed by atoms with Crippen molar-refractivity contribution in [1.82, 2.24) is 5.43 Å². The number of benzene rings is 1. The van der Waals surface area contributed by atoms with Crippen LogP contribution in [0.1, 0.15) is 5.56 Å². The highest BCUT2D eigenvalue weighted by atomic mass is 16.7. The summed E-state index contributed by atoms with van der Waals surface area (Å²) in [7, 11) is 5.84. The number of hydrazone groups is 1. The molecule has 6 nitrogen and oxygen atoms in total. The number of hydrogen-bond donors (Lipinski definition) is 1. The van der Waals surface area contributed by atoms with Crippen LogP contribution in [0.3, 0.4) is 0 Å². The Kier molecular flexibility index (Phi) is 3.71. The van der Waals surface area contributed by atoms with Crippen LogP contribution < -0.4 is 14.9 Å². The first-order chi connectivity index (χ1) is 8.94. The molecule has 1 N–H and O–H groups in total. The summed E-state index contributed by atoms with van der Waals surface area (Å²) >= 11 is 0. The van der Waals surface area contributed by atoms with Crippen LogP contribution in [0.5, 0.6) is 11.5 Å². The number of carbonyl (C=O) groups excluding carboxylic acids is 1. The molecule has 0 unspecified atom stereocenters. The lowest BCUT2D eigenvalue weighted by atomic mass is 10.2. The highest BCUT2D eigenvalue weighted by Gasteiger charge is 2.14. The van der Waals surface area contributed by atoms with E-state index in [0.29, 0.717) is 16.8 Å². The number of rotatable bonds is 4. The number of fused-ring (bicyclic) bond motifs is 1. The summed E-state index contributed by atoms with van der Waals surface area (Å²) in [6, 6.07) is 5.48. The van der Waals surface area contributed by atoms with Crippen molar-refractivity contribution in [3.05, 3.63) is 23.8 Å². The third-order valence-electron chi connectivity index (χ3n) is 2.42. The number of hydrogen-bond acceptors (Lipinski definition) is 4. The van der Waals surface area contributed by atoms with E-state index < -0.39 is 0 Å². The van der Waals surface area contributed by atoms with Gasteiger partial charge in [-0.2, -0.15) is 5.10 Å². The van der Waals surface area contributed by atoms with Crippen molar-refractivity contribution in [3.63, 3.8) is 0 Å². The predicted molar refractivity (Wildman–Crippen MR) is 71.2 cm³/mol. The molecule has 102 valence electrons. The maximum atomic E-state index is 11.6. The van der Waals surface area contributed by atoms with E-state index in [1.165, 1.54) is 0 Å². The quantitative estimate of drug-likeness (QED) is 0.491. The van der Waals surface area contributed by atoms with Crippen LogP contribution in [0.4, 0.5) is 0 Å². The monoisotopic (exact) mass is 264 g/mol. The molecular weight excluding hydrogens is 246 g/mol. The Balaban J connectivity index is 1.91. The van der Waals surface area contributed by atoms with E-state index in [0.717, 1.165) is 11.3 Å². The van der Waals surface area contributed by atoms with Gasteiger partial charge in [0.25, 0.3) is 5.91 Å². The van der Waals surface area contributed by atoms with Crippen molar-refractivity contribution < 1.29 is 18.8 Å². The van der Waals surface area contributed by atoms with Crippen LogP contribution >= 0.6 is 0 Å². The second-order valence-electron chi connectivity index (χ2n) is 5.35. The van der Waals surface area contributed by atoms with Crippen molar-refractivity contribution >= 4 is 12.1 Å². The smallest absolute Gasteiger partial charge is 0.295 e. The minimum Gasteiger partial charge on any atom is -0.454 e. The van der Waals surface area contributed by atoms with Crippen molar-refractivity contribution in [2.75, 3.05) is 34.5 Å². The van der Waals surface area contributed by atoms with Crippen molar-refractivity contribution in [3.8, 4) is 11.5 Å². The van der Waals surface area contributed by atoms with Gasteiger partial charge in [-0.15, -0.1) is 0 Å². The molecule has 19 heavy (non-hydrogen) atoms. The van der Waals surface area contributed by atoms with E-state index in [1.54, 1.807) is 6.21 Å². The zero-order valence-corrected chi connectivity index (χ0v) is 11.3. The summed E-state index contributed by atoms with van der Waals surface area (Å²) in [5.74, 6) is 1.30. The van der Waals surface area contributed by atoms with Gasteiger partial charge in [0.05, 0.1) is 27.4 Å². The molecule has 0 atom stereocenters. The van der Waals surface area contributed by atoms with Crippen LogP contribution in [0, 0.1) is 0 Å². The maximum Gasteiger partial charge on any atom is 0.295 e. The zero-order chi connectivity index (χ0) is 13.9. The summed E-state index contributed by atoms with van der Waals surface area (Å²) in [4.78, 5) is 11.6. The number of ether oxygens (including phenoxy) is 2. The summed E-state index contributed by atoms with van der Waals surface area (Å²) in [5, 5.41) is 3.92. The van der Waals surface area contributed by atoms with Crippen molar-refractivity contribution in [1.29, 1.82) is 0 Å². The lowest BCUT2D eigenvalue weighted by Crippen LogP contribution is -2.43. The Morgan fingerprint density at radius 1 is 1.37 bits per heavy atom. The van der Waals surface area contributed by atoms with Crippen molar-refractivity contribution in [2.45, 2.75) is 0 Å². The molecule has 6 heteroatoms. The molecule has 0 aromatic heterocycles. The molecule has 0 saturated carbocycles. The van der Waals surface area contributed by atoms with Crippen LogP contribution in [-0.4, -0.2) is 51.1 Å². The summed E-state index contributed by atoms with van der Waals surface area (Å²) in [6.07, 6.45) is 1.58. The van der Waals surface area contributed by atoms with Gasteiger partial charge in [-0.1, -0.05) is 0 Å². The first kappa shape index (κ1) is 13.4. The minimum absolute atomic E-state index is 0.121. The molecule has 1 aromatic rings. The van der Waals surface area contributed by atoms with E-state index >= 15 is 0 Å². The molecule has 0 spiro atoms. The average Bonchev–Trinajstić information content (AvgIpc) is 2.73. The topological polar surface area (TPSA) is 59.9 Å². The molecule has 0 fully saturated rings. The fraction of sp³-hybridized carbons (Fsp3) is 0.385. The second kappa shape index (κ2) is 5.27. The minimum atomic E-state index is -0.121.